The average molecular weight is 1160 g/mol. The molecule has 414 valence electrons. The van der Waals surface area contributed by atoms with Gasteiger partial charge in [0.1, 0.15) is 54.7 Å². The van der Waals surface area contributed by atoms with Crippen LogP contribution in [-0.2, 0) is 44.8 Å². The predicted molar refractivity (Wildman–Crippen MR) is 286 cm³/mol. The minimum Gasteiger partial charge on any atom is -0.445 e. The van der Waals surface area contributed by atoms with Crippen molar-refractivity contribution in [2.75, 3.05) is 37.4 Å². The summed E-state index contributed by atoms with van der Waals surface area (Å²) < 4.78 is 11.0. The summed E-state index contributed by atoms with van der Waals surface area (Å²) >= 11 is 2.32. The zero-order valence-electron chi connectivity index (χ0n) is 44.2. The molecule has 7 amide bonds. The van der Waals surface area contributed by atoms with Crippen molar-refractivity contribution in [2.45, 2.75) is 171 Å². The summed E-state index contributed by atoms with van der Waals surface area (Å²) in [6, 6.07) is 3.23. The lowest BCUT2D eigenvalue weighted by atomic mass is 9.84. The fourth-order valence-electron chi connectivity index (χ4n) is 8.95. The van der Waals surface area contributed by atoms with Gasteiger partial charge in [0, 0.05) is 54.4 Å². The standard InChI is InChI=1S/C51H76IN11O12/c1-9-12-14-29(6)43-59-40-44(60-43)53-27-54-45(40)61-48-42(69)41(68)39(34(25-64)75-48)58-35(65)19-22-62(8)50(73)74-26-31-15-17-32(18-16-31)56-46(70)30(7)55-47(71)38(28(4)5)57-36(66)20-23-63-37(67)24-33(49(63)72)51(52,11-3)21-13-10-2/h15-18,27-30,33-34,38-39,41-42,48,64,68-69H,9-14,19-26H2,1-8H3,(H,55,71)(H,56,70)(H,57,66)(H,58,65)(H2,53,54,59,60,61)/t29?,30-,33?,34-,38-,39-,41+,42-,48-,51?/m0/s1. The van der Waals surface area contributed by atoms with Crippen molar-refractivity contribution in [3.05, 3.63) is 42.0 Å². The van der Waals surface area contributed by atoms with Crippen molar-refractivity contribution in [2.24, 2.45) is 11.8 Å². The topological polar surface area (TPSA) is 320 Å². The molecule has 4 heterocycles. The number of hydrogen-bond donors (Lipinski definition) is 9. The van der Waals surface area contributed by atoms with Crippen molar-refractivity contribution >= 4 is 86.8 Å². The number of carbonyl (C=O) groups is 7. The fourth-order valence-corrected chi connectivity index (χ4v) is 9.82. The van der Waals surface area contributed by atoms with Gasteiger partial charge in [-0.25, -0.2) is 19.7 Å². The maximum absolute atomic E-state index is 13.3. The molecule has 0 aliphatic carbocycles. The molecule has 2 fully saturated rings. The summed E-state index contributed by atoms with van der Waals surface area (Å²) in [6.45, 7) is 12.3. The number of alkyl halides is 1. The molecule has 23 nitrogen and oxygen atoms in total. The van der Waals surface area contributed by atoms with E-state index in [1.165, 1.54) is 25.2 Å². The number of hydrogen-bond acceptors (Lipinski definition) is 16. The molecule has 1 aromatic carbocycles. The van der Waals surface area contributed by atoms with Gasteiger partial charge in [-0.3, -0.25) is 33.7 Å². The number of aromatic nitrogens is 4. The number of amides is 7. The lowest BCUT2D eigenvalue weighted by Gasteiger charge is -2.42. The van der Waals surface area contributed by atoms with Crippen molar-refractivity contribution in [1.82, 2.24) is 45.7 Å². The van der Waals surface area contributed by atoms with Crippen molar-refractivity contribution in [3.63, 3.8) is 0 Å². The van der Waals surface area contributed by atoms with Crippen LogP contribution in [0.5, 0.6) is 0 Å². The van der Waals surface area contributed by atoms with Crippen molar-refractivity contribution < 1.29 is 58.4 Å². The monoisotopic (exact) mass is 1160 g/mol. The van der Waals surface area contributed by atoms with Crippen LogP contribution in [-0.4, -0.2) is 159 Å². The molecule has 0 spiro atoms. The number of imidazole rings is 1. The van der Waals surface area contributed by atoms with E-state index < -0.39 is 84.9 Å². The van der Waals surface area contributed by atoms with Crippen LogP contribution in [0.3, 0.4) is 0 Å². The Kier molecular flexibility index (Phi) is 22.5. The molecule has 0 radical (unpaired) electrons. The Labute approximate surface area is 451 Å². The zero-order valence-corrected chi connectivity index (χ0v) is 46.3. The smallest absolute Gasteiger partial charge is 0.409 e. The van der Waals surface area contributed by atoms with E-state index in [1.54, 1.807) is 38.1 Å². The van der Waals surface area contributed by atoms with Crippen LogP contribution in [0.4, 0.5) is 16.3 Å². The summed E-state index contributed by atoms with van der Waals surface area (Å²) in [5, 5.41) is 46.0. The molecule has 24 heteroatoms. The van der Waals surface area contributed by atoms with E-state index in [9.17, 15) is 48.9 Å². The Bertz CT molecular complexity index is 2440. The minimum atomic E-state index is -1.57. The third kappa shape index (κ3) is 16.0. The van der Waals surface area contributed by atoms with Gasteiger partial charge < -0.3 is 61.3 Å². The Morgan fingerprint density at radius 3 is 2.32 bits per heavy atom. The number of aromatic amines is 1. The molecule has 3 aromatic rings. The zero-order chi connectivity index (χ0) is 55.1. The van der Waals surface area contributed by atoms with Crippen LogP contribution in [0.15, 0.2) is 30.6 Å². The van der Waals surface area contributed by atoms with Crippen LogP contribution in [0, 0.1) is 11.8 Å². The number of carbonyl (C=O) groups excluding carboxylic acids is 7. The van der Waals surface area contributed by atoms with E-state index in [1.807, 2.05) is 6.92 Å². The highest BCUT2D eigenvalue weighted by Gasteiger charge is 2.49. The normalized spacial score (nSPS) is 21.7. The number of rotatable bonds is 27. The van der Waals surface area contributed by atoms with Gasteiger partial charge in [0.2, 0.25) is 35.4 Å². The highest BCUT2D eigenvalue weighted by molar-refractivity contribution is 14.1. The minimum absolute atomic E-state index is 0.0803. The number of H-pyrrole nitrogens is 1. The van der Waals surface area contributed by atoms with E-state index in [0.717, 1.165) is 55.7 Å². The van der Waals surface area contributed by atoms with E-state index >= 15 is 0 Å². The summed E-state index contributed by atoms with van der Waals surface area (Å²) in [5.41, 5.74) is 1.86. The number of unbranched alkanes of at least 4 members (excludes halogenated alkanes) is 2. The molecule has 5 rings (SSSR count). The average Bonchev–Trinajstić information content (AvgIpc) is 3.97. The molecule has 2 aliphatic heterocycles. The largest absolute Gasteiger partial charge is 0.445 e. The first kappa shape index (κ1) is 60.3. The summed E-state index contributed by atoms with van der Waals surface area (Å²) in [4.78, 5) is 110. The Morgan fingerprint density at radius 2 is 1.67 bits per heavy atom. The van der Waals surface area contributed by atoms with Gasteiger partial charge in [0.05, 0.1) is 18.6 Å². The Morgan fingerprint density at radius 1 is 0.960 bits per heavy atom. The van der Waals surface area contributed by atoms with Gasteiger partial charge in [0.15, 0.2) is 17.7 Å². The number of fused-ring (bicyclic) bond motifs is 1. The van der Waals surface area contributed by atoms with Crippen LogP contribution in [0.25, 0.3) is 11.2 Å². The SMILES string of the molecule is CCCCC(C)c1nc2ncnc(N[C@H]3O[C@@H](CO)[C@H](NC(=O)CCN(C)C(=O)OCc4ccc(NC(=O)[C@H](C)NC(=O)[C@@H](NC(=O)CCN5C(=O)CC(C(I)(CC)CCCC)C5=O)C(C)C)cc4)[C@@H](O)[C@@H]3O)c2[nH]1. The molecule has 2 aliphatic rings. The van der Waals surface area contributed by atoms with Crippen molar-refractivity contribution in [3.8, 4) is 0 Å². The number of imide groups is 1. The first-order valence-electron chi connectivity index (χ1n) is 25.9. The lowest BCUT2D eigenvalue weighted by molar-refractivity contribution is -0.185. The molecule has 2 aromatic heterocycles. The number of aliphatic hydroxyl groups excluding tert-OH is 3. The van der Waals surface area contributed by atoms with Crippen LogP contribution in [0.2, 0.25) is 0 Å². The van der Waals surface area contributed by atoms with Gasteiger partial charge >= 0.3 is 6.09 Å². The molecule has 9 N–H and O–H groups in total. The van der Waals surface area contributed by atoms with Gasteiger partial charge in [-0.05, 0) is 49.8 Å². The summed E-state index contributed by atoms with van der Waals surface area (Å²) in [5.74, 6) is -2.46. The van der Waals surface area contributed by atoms with Crippen molar-refractivity contribution in [1.29, 1.82) is 0 Å². The number of ether oxygens (including phenoxy) is 2. The first-order valence-corrected chi connectivity index (χ1v) is 27.0. The number of nitrogens with one attached hydrogen (secondary N) is 6. The van der Waals surface area contributed by atoms with Gasteiger partial charge in [0.25, 0.3) is 0 Å². The van der Waals surface area contributed by atoms with E-state index in [4.69, 9.17) is 9.47 Å². The molecule has 75 heavy (non-hydrogen) atoms. The molecule has 2 saturated heterocycles. The Hall–Kier alpha value is -5.57. The molecule has 0 saturated carbocycles. The second-order valence-electron chi connectivity index (χ2n) is 19.9. The predicted octanol–water partition coefficient (Wildman–Crippen LogP) is 3.76. The molecule has 3 unspecified atom stereocenters. The fraction of sp³-hybridized carbons (Fsp3) is 0.647. The second kappa shape index (κ2) is 28.0. The third-order valence-electron chi connectivity index (χ3n) is 13.9. The van der Waals surface area contributed by atoms with Gasteiger partial charge in [-0.2, -0.15) is 0 Å². The number of nitrogens with zero attached hydrogens (tertiary/aromatic N) is 5. The quantitative estimate of drug-likeness (QED) is 0.0298. The lowest BCUT2D eigenvalue weighted by Crippen LogP contribution is -2.65. The van der Waals surface area contributed by atoms with Gasteiger partial charge in [-0.1, -0.05) is 102 Å². The number of anilines is 2. The third-order valence-corrected chi connectivity index (χ3v) is 15.9. The van der Waals surface area contributed by atoms with Gasteiger partial charge in [-0.15, -0.1) is 0 Å². The van der Waals surface area contributed by atoms with E-state index in [2.05, 4.69) is 89.9 Å². The highest BCUT2D eigenvalue weighted by atomic mass is 127. The molecular formula is C51H76IN11O12. The molecular weight excluding hydrogens is 1090 g/mol. The number of halogens is 1. The number of likely N-dealkylation sites (tertiary alicyclic amines) is 1. The first-order chi connectivity index (χ1) is 35.6. The highest BCUT2D eigenvalue weighted by Crippen LogP contribution is 2.43. The second-order valence-corrected chi connectivity index (χ2v) is 22.0. The summed E-state index contributed by atoms with van der Waals surface area (Å²) in [6.07, 6.45) is 1.29. The van der Waals surface area contributed by atoms with Crippen LogP contribution in [0.1, 0.15) is 130 Å². The Balaban J connectivity index is 1.02. The number of aliphatic hydroxyl groups is 3. The van der Waals surface area contributed by atoms with E-state index in [0.29, 0.717) is 22.4 Å². The number of benzene rings is 1. The summed E-state index contributed by atoms with van der Waals surface area (Å²) in [7, 11) is 1.44. The van der Waals surface area contributed by atoms with E-state index in [-0.39, 0.29) is 71.8 Å². The molecule has 0 bridgehead atoms. The van der Waals surface area contributed by atoms with Crippen LogP contribution >= 0.6 is 22.6 Å². The maximum atomic E-state index is 13.3. The maximum Gasteiger partial charge on any atom is 0.409 e. The van der Waals surface area contributed by atoms with Crippen LogP contribution < -0.4 is 26.6 Å². The molecule has 10 atom stereocenters.